The van der Waals surface area contributed by atoms with Gasteiger partial charge in [0.1, 0.15) is 5.75 Å². The second kappa shape index (κ2) is 10.8. The number of carbonyl (C=O) groups excluding carboxylic acids is 1. The van der Waals surface area contributed by atoms with E-state index in [-0.39, 0.29) is 5.91 Å². The number of rotatable bonds is 6. The maximum absolute atomic E-state index is 12.1. The molecule has 0 spiro atoms. The lowest BCUT2D eigenvalue weighted by Crippen LogP contribution is -2.49. The molecule has 2 aliphatic rings. The molecule has 1 atom stereocenters. The molecule has 3 heterocycles. The molecule has 5 rings (SSSR count). The van der Waals surface area contributed by atoms with Crippen molar-refractivity contribution in [3.05, 3.63) is 63.4 Å². The van der Waals surface area contributed by atoms with E-state index < -0.39 is 6.10 Å². The van der Waals surface area contributed by atoms with Crippen LogP contribution in [0.2, 0.25) is 0 Å². The lowest BCUT2D eigenvalue weighted by molar-refractivity contribution is -0.129. The van der Waals surface area contributed by atoms with Gasteiger partial charge in [-0.1, -0.05) is 24.3 Å². The number of piperazine rings is 1. The van der Waals surface area contributed by atoms with Crippen molar-refractivity contribution in [2.24, 2.45) is 0 Å². The number of hydrogen-bond donors (Lipinski definition) is 2. The fourth-order valence-electron chi connectivity index (χ4n) is 5.21. The number of aromatic nitrogens is 2. The molecule has 2 aromatic carbocycles. The van der Waals surface area contributed by atoms with E-state index in [1.165, 1.54) is 0 Å². The molecule has 36 heavy (non-hydrogen) atoms. The van der Waals surface area contributed by atoms with E-state index in [4.69, 9.17) is 5.10 Å². The van der Waals surface area contributed by atoms with Gasteiger partial charge in [0, 0.05) is 79.5 Å². The Morgan fingerprint density at radius 1 is 1.03 bits per heavy atom. The van der Waals surface area contributed by atoms with Gasteiger partial charge in [-0.15, -0.1) is 0 Å². The van der Waals surface area contributed by atoms with Crippen molar-refractivity contribution in [2.75, 3.05) is 44.2 Å². The van der Waals surface area contributed by atoms with Crippen LogP contribution >= 0.6 is 22.6 Å². The summed E-state index contributed by atoms with van der Waals surface area (Å²) in [5.74, 6) is 0.381. The van der Waals surface area contributed by atoms with Crippen molar-refractivity contribution >= 4 is 34.2 Å². The fourth-order valence-corrected chi connectivity index (χ4v) is 5.57. The molecular formula is C27H32IN5O3. The van der Waals surface area contributed by atoms with Gasteiger partial charge in [-0.3, -0.25) is 14.4 Å². The summed E-state index contributed by atoms with van der Waals surface area (Å²) in [5.41, 5.74) is 5.00. The SMILES string of the molecule is CC(=O)N1CCc2c(c(-c3ccc(I)cc3)nn2CC(O)CN2CCN(c3ccccc3O)CC2)C1. The lowest BCUT2D eigenvalue weighted by atomic mass is 10.0. The minimum Gasteiger partial charge on any atom is -0.506 e. The van der Waals surface area contributed by atoms with Crippen LogP contribution in [0.4, 0.5) is 5.69 Å². The fraction of sp³-hybridized carbons (Fsp3) is 0.407. The number of carbonyl (C=O) groups is 1. The van der Waals surface area contributed by atoms with Gasteiger partial charge in [0.2, 0.25) is 5.91 Å². The van der Waals surface area contributed by atoms with E-state index in [1.54, 1.807) is 13.0 Å². The normalized spacial score (nSPS) is 17.2. The number of nitrogens with zero attached hydrogens (tertiary/aromatic N) is 5. The van der Waals surface area contributed by atoms with Gasteiger partial charge in [0.15, 0.2) is 0 Å². The first-order valence-corrected chi connectivity index (χ1v) is 13.5. The number of para-hydroxylation sites is 2. The van der Waals surface area contributed by atoms with Crippen LogP contribution in [0.25, 0.3) is 11.3 Å². The predicted octanol–water partition coefficient (Wildman–Crippen LogP) is 2.95. The third kappa shape index (κ3) is 5.37. The van der Waals surface area contributed by atoms with E-state index >= 15 is 0 Å². The minimum atomic E-state index is -0.555. The summed E-state index contributed by atoms with van der Waals surface area (Å²) in [6, 6.07) is 15.7. The van der Waals surface area contributed by atoms with Crippen LogP contribution in [0.1, 0.15) is 18.2 Å². The molecule has 0 saturated carbocycles. The van der Waals surface area contributed by atoms with Crippen molar-refractivity contribution in [1.82, 2.24) is 19.6 Å². The maximum atomic E-state index is 12.1. The summed E-state index contributed by atoms with van der Waals surface area (Å²) in [7, 11) is 0. The van der Waals surface area contributed by atoms with Gasteiger partial charge in [0.05, 0.1) is 24.0 Å². The Bertz CT molecular complexity index is 1220. The van der Waals surface area contributed by atoms with Gasteiger partial charge in [-0.2, -0.15) is 5.10 Å². The van der Waals surface area contributed by atoms with Crippen molar-refractivity contribution in [3.8, 4) is 17.0 Å². The highest BCUT2D eigenvalue weighted by Gasteiger charge is 2.28. The number of phenols is 1. The summed E-state index contributed by atoms with van der Waals surface area (Å²) in [6.45, 7) is 7.09. The number of β-amino-alcohol motifs (C(OH)–C–C–N with tert-alkyl or cyclic N) is 1. The average Bonchev–Trinajstić information content (AvgIpc) is 3.22. The molecule has 2 N–H and O–H groups in total. The number of aromatic hydroxyl groups is 1. The van der Waals surface area contributed by atoms with E-state index in [2.05, 4.69) is 56.7 Å². The standard InChI is InChI=1S/C27H32IN5O3/c1-19(34)32-11-10-24-23(18-32)27(20-6-8-21(28)9-7-20)29-33(24)17-22(35)16-30-12-14-31(15-13-30)25-4-2-3-5-26(25)36/h2-9,22,35-36H,10-18H2,1H3. The Morgan fingerprint density at radius 2 is 1.75 bits per heavy atom. The smallest absolute Gasteiger partial charge is 0.219 e. The van der Waals surface area contributed by atoms with Crippen LogP contribution in [-0.4, -0.2) is 81.1 Å². The van der Waals surface area contributed by atoms with Crippen molar-refractivity contribution in [1.29, 1.82) is 0 Å². The molecule has 1 amide bonds. The monoisotopic (exact) mass is 601 g/mol. The Balaban J connectivity index is 1.27. The molecule has 1 fully saturated rings. The molecule has 1 aromatic heterocycles. The minimum absolute atomic E-state index is 0.0740. The van der Waals surface area contributed by atoms with Gasteiger partial charge in [-0.05, 0) is 46.9 Å². The predicted molar refractivity (Wildman–Crippen MR) is 148 cm³/mol. The zero-order valence-electron chi connectivity index (χ0n) is 20.5. The molecule has 2 aliphatic heterocycles. The number of phenolic OH excluding ortho intramolecular Hbond substituents is 1. The largest absolute Gasteiger partial charge is 0.506 e. The maximum Gasteiger partial charge on any atom is 0.219 e. The Morgan fingerprint density at radius 3 is 2.44 bits per heavy atom. The first kappa shape index (κ1) is 25.0. The molecule has 1 saturated heterocycles. The quantitative estimate of drug-likeness (QED) is 0.423. The first-order chi connectivity index (χ1) is 17.4. The summed E-state index contributed by atoms with van der Waals surface area (Å²) in [5, 5.41) is 26.1. The number of aliphatic hydroxyl groups is 1. The zero-order chi connectivity index (χ0) is 25.2. The summed E-state index contributed by atoms with van der Waals surface area (Å²) >= 11 is 2.29. The van der Waals surface area contributed by atoms with Crippen molar-refractivity contribution in [3.63, 3.8) is 0 Å². The molecule has 3 aromatic rings. The van der Waals surface area contributed by atoms with E-state index in [9.17, 15) is 15.0 Å². The highest BCUT2D eigenvalue weighted by atomic mass is 127. The van der Waals surface area contributed by atoms with E-state index in [0.717, 1.165) is 64.4 Å². The molecule has 190 valence electrons. The summed E-state index contributed by atoms with van der Waals surface area (Å²) < 4.78 is 3.12. The number of halogens is 1. The Labute approximate surface area is 225 Å². The first-order valence-electron chi connectivity index (χ1n) is 12.4. The van der Waals surface area contributed by atoms with Crippen LogP contribution in [0.5, 0.6) is 5.75 Å². The summed E-state index contributed by atoms with van der Waals surface area (Å²) in [4.78, 5) is 18.4. The van der Waals surface area contributed by atoms with Crippen LogP contribution in [-0.2, 0) is 24.3 Å². The highest BCUT2D eigenvalue weighted by Crippen LogP contribution is 2.31. The lowest BCUT2D eigenvalue weighted by Gasteiger charge is -2.37. The van der Waals surface area contributed by atoms with E-state index in [1.807, 2.05) is 27.8 Å². The second-order valence-corrected chi connectivity index (χ2v) is 10.8. The number of hydrogen-bond acceptors (Lipinski definition) is 6. The Hall–Kier alpha value is -2.63. The molecule has 8 nitrogen and oxygen atoms in total. The van der Waals surface area contributed by atoms with Crippen molar-refractivity contribution < 1.29 is 15.0 Å². The number of fused-ring (bicyclic) bond motifs is 1. The average molecular weight is 601 g/mol. The van der Waals surface area contributed by atoms with Crippen LogP contribution in [0.15, 0.2) is 48.5 Å². The van der Waals surface area contributed by atoms with Gasteiger partial charge < -0.3 is 20.0 Å². The topological polar surface area (TPSA) is 85.1 Å². The number of benzene rings is 2. The van der Waals surface area contributed by atoms with Gasteiger partial charge in [0.25, 0.3) is 0 Å². The van der Waals surface area contributed by atoms with E-state index in [0.29, 0.717) is 31.9 Å². The number of amides is 1. The van der Waals surface area contributed by atoms with Crippen LogP contribution < -0.4 is 4.90 Å². The molecular weight excluding hydrogens is 569 g/mol. The zero-order valence-corrected chi connectivity index (χ0v) is 22.6. The third-order valence-corrected chi connectivity index (χ3v) is 7.86. The Kier molecular flexibility index (Phi) is 7.49. The molecule has 0 aliphatic carbocycles. The number of anilines is 1. The summed E-state index contributed by atoms with van der Waals surface area (Å²) in [6.07, 6.45) is 0.180. The van der Waals surface area contributed by atoms with Gasteiger partial charge in [-0.25, -0.2) is 0 Å². The number of aliphatic hydroxyl groups excluding tert-OH is 1. The molecule has 1 unspecified atom stereocenters. The third-order valence-electron chi connectivity index (χ3n) is 7.14. The highest BCUT2D eigenvalue weighted by molar-refractivity contribution is 14.1. The molecule has 9 heteroatoms. The van der Waals surface area contributed by atoms with Crippen molar-refractivity contribution in [2.45, 2.75) is 32.5 Å². The van der Waals surface area contributed by atoms with Crippen LogP contribution in [0.3, 0.4) is 0 Å². The van der Waals surface area contributed by atoms with Gasteiger partial charge >= 0.3 is 0 Å². The molecule has 0 bridgehead atoms. The van der Waals surface area contributed by atoms with Crippen LogP contribution in [0, 0.1) is 3.57 Å². The second-order valence-electron chi connectivity index (χ2n) is 9.58. The molecule has 0 radical (unpaired) electrons.